The number of halogens is 4. The van der Waals surface area contributed by atoms with Crippen molar-refractivity contribution >= 4 is 35.0 Å². The van der Waals surface area contributed by atoms with Crippen LogP contribution in [0.5, 0.6) is 11.5 Å². The number of carbonyl (C=O) groups excluding carboxylic acids is 3. The molecule has 0 saturated carbocycles. The fourth-order valence-electron chi connectivity index (χ4n) is 2.77. The Kier molecular flexibility index (Phi) is 9.97. The molecule has 10 nitrogen and oxygen atoms in total. The maximum absolute atomic E-state index is 12.8. The Bertz CT molecular complexity index is 1190. The summed E-state index contributed by atoms with van der Waals surface area (Å²) in [5, 5.41) is 11.0. The molecule has 2 atom stereocenters. The number of nitro groups is 1. The predicted octanol–water partition coefficient (Wildman–Crippen LogP) is 5.14. The van der Waals surface area contributed by atoms with E-state index in [0.29, 0.717) is 6.07 Å². The zero-order chi connectivity index (χ0) is 27.9. The topological polar surface area (TPSA) is 131 Å². The summed E-state index contributed by atoms with van der Waals surface area (Å²) < 4.78 is 58.7. The number of ketones is 1. The van der Waals surface area contributed by atoms with Crippen molar-refractivity contribution in [3.8, 4) is 11.5 Å². The Hall–Kier alpha value is -3.71. The van der Waals surface area contributed by atoms with Crippen molar-refractivity contribution in [2.45, 2.75) is 39.2 Å². The Labute approximate surface area is 213 Å². The van der Waals surface area contributed by atoms with Gasteiger partial charge in [0, 0.05) is 6.07 Å². The third-order valence-corrected chi connectivity index (χ3v) is 4.96. The monoisotopic (exact) mass is 547 g/mol. The second kappa shape index (κ2) is 12.5. The highest BCUT2D eigenvalue weighted by atomic mass is 35.5. The van der Waals surface area contributed by atoms with Gasteiger partial charge in [-0.3, -0.25) is 14.9 Å². The summed E-state index contributed by atoms with van der Waals surface area (Å²) in [4.78, 5) is 46.9. The van der Waals surface area contributed by atoms with Crippen LogP contribution in [0.1, 0.15) is 36.7 Å². The fourth-order valence-corrected chi connectivity index (χ4v) is 2.99. The molecular weight excluding hydrogens is 527 g/mol. The summed E-state index contributed by atoms with van der Waals surface area (Å²) in [7, 11) is 0. The van der Waals surface area contributed by atoms with Crippen molar-refractivity contribution in [3.63, 3.8) is 0 Å². The molecule has 200 valence electrons. The molecule has 0 fully saturated rings. The van der Waals surface area contributed by atoms with Crippen molar-refractivity contribution in [1.29, 1.82) is 0 Å². The predicted molar refractivity (Wildman–Crippen MR) is 122 cm³/mol. The SMILES string of the molecule is CCOC(=O)C(C)OC(=O)C(C)OCC(=O)c1cc(Oc2ccc(C(F)(F)F)cc2Cl)ccc1[N+](=O)[O-]. The number of hydrogen-bond acceptors (Lipinski definition) is 9. The standard InChI is InChI=1S/C23H21ClF3NO9/c1-4-34-21(30)13(3)36-22(31)12(2)35-11-19(29)16-10-15(6-7-18(16)28(32)33)37-20-8-5-14(9-17(20)24)23(25,26)27/h5-10,12-13H,4,11H2,1-3H3. The number of nitrogens with zero attached hydrogens (tertiary/aromatic N) is 1. The van der Waals surface area contributed by atoms with Crippen molar-refractivity contribution in [2.24, 2.45) is 0 Å². The average Bonchev–Trinajstić information content (AvgIpc) is 2.82. The van der Waals surface area contributed by atoms with E-state index in [9.17, 15) is 37.7 Å². The van der Waals surface area contributed by atoms with Crippen LogP contribution in [-0.2, 0) is 30.0 Å². The number of esters is 2. The van der Waals surface area contributed by atoms with Gasteiger partial charge in [0.1, 0.15) is 23.7 Å². The molecule has 0 aliphatic heterocycles. The van der Waals surface area contributed by atoms with E-state index in [-0.39, 0.29) is 23.1 Å². The smallest absolute Gasteiger partial charge is 0.416 e. The summed E-state index contributed by atoms with van der Waals surface area (Å²) in [6.45, 7) is 3.39. The lowest BCUT2D eigenvalue weighted by molar-refractivity contribution is -0.385. The largest absolute Gasteiger partial charge is 0.463 e. The number of hydrogen-bond donors (Lipinski definition) is 0. The summed E-state index contributed by atoms with van der Waals surface area (Å²) in [5.74, 6) is -2.98. The molecule has 0 bridgehead atoms. The quantitative estimate of drug-likeness (QED) is 0.162. The van der Waals surface area contributed by atoms with Gasteiger partial charge in [0.05, 0.1) is 22.1 Å². The Balaban J connectivity index is 2.15. The van der Waals surface area contributed by atoms with E-state index >= 15 is 0 Å². The van der Waals surface area contributed by atoms with Gasteiger partial charge in [0.25, 0.3) is 5.69 Å². The molecular formula is C23H21ClF3NO9. The minimum absolute atomic E-state index is 0.0773. The van der Waals surface area contributed by atoms with Gasteiger partial charge in [-0.15, -0.1) is 0 Å². The van der Waals surface area contributed by atoms with Gasteiger partial charge in [-0.25, -0.2) is 9.59 Å². The number of rotatable bonds is 11. The fraction of sp³-hybridized carbons (Fsp3) is 0.348. The number of Topliss-reactive ketones (excluding diaryl/α,β-unsaturated/α-hetero) is 1. The molecule has 2 aromatic carbocycles. The number of nitro benzene ring substituents is 1. The highest BCUT2D eigenvalue weighted by Gasteiger charge is 2.31. The zero-order valence-electron chi connectivity index (χ0n) is 19.7. The van der Waals surface area contributed by atoms with Crippen LogP contribution in [0.3, 0.4) is 0 Å². The van der Waals surface area contributed by atoms with Crippen molar-refractivity contribution in [2.75, 3.05) is 13.2 Å². The second-order valence-corrected chi connectivity index (χ2v) is 7.80. The molecule has 0 aliphatic carbocycles. The zero-order valence-corrected chi connectivity index (χ0v) is 20.4. The van der Waals surface area contributed by atoms with E-state index < -0.39 is 64.5 Å². The second-order valence-electron chi connectivity index (χ2n) is 7.39. The number of ether oxygens (including phenoxy) is 4. The van der Waals surface area contributed by atoms with Crippen LogP contribution in [0.15, 0.2) is 36.4 Å². The van der Waals surface area contributed by atoms with E-state index in [1.54, 1.807) is 6.92 Å². The van der Waals surface area contributed by atoms with Crippen LogP contribution in [0.25, 0.3) is 0 Å². The van der Waals surface area contributed by atoms with Crippen molar-refractivity contribution < 1.29 is 51.4 Å². The molecule has 0 spiro atoms. The molecule has 2 rings (SSSR count). The summed E-state index contributed by atoms with van der Waals surface area (Å²) in [6, 6.07) is 5.41. The number of carbonyl (C=O) groups is 3. The Morgan fingerprint density at radius 2 is 1.73 bits per heavy atom. The molecule has 2 unspecified atom stereocenters. The first kappa shape index (κ1) is 29.5. The van der Waals surface area contributed by atoms with E-state index in [2.05, 4.69) is 0 Å². The van der Waals surface area contributed by atoms with Gasteiger partial charge in [0.2, 0.25) is 0 Å². The maximum atomic E-state index is 12.8. The molecule has 2 aromatic rings. The molecule has 0 heterocycles. The van der Waals surface area contributed by atoms with E-state index in [0.717, 1.165) is 30.3 Å². The van der Waals surface area contributed by atoms with Crippen LogP contribution < -0.4 is 4.74 Å². The lowest BCUT2D eigenvalue weighted by Gasteiger charge is -2.16. The average molecular weight is 548 g/mol. The summed E-state index contributed by atoms with van der Waals surface area (Å²) >= 11 is 5.86. The molecule has 0 N–H and O–H groups in total. The number of benzene rings is 2. The molecule has 0 amide bonds. The van der Waals surface area contributed by atoms with Crippen molar-refractivity contribution in [3.05, 3.63) is 62.7 Å². The number of alkyl halides is 3. The van der Waals surface area contributed by atoms with E-state index in [1.807, 2.05) is 0 Å². The highest BCUT2D eigenvalue weighted by Crippen LogP contribution is 2.37. The molecule has 37 heavy (non-hydrogen) atoms. The lowest BCUT2D eigenvalue weighted by Crippen LogP contribution is -2.33. The van der Waals surface area contributed by atoms with Gasteiger partial charge >= 0.3 is 18.1 Å². The van der Waals surface area contributed by atoms with Crippen LogP contribution in [0.2, 0.25) is 5.02 Å². The summed E-state index contributed by atoms with van der Waals surface area (Å²) in [5.41, 5.74) is -2.07. The first-order chi connectivity index (χ1) is 17.2. The van der Waals surface area contributed by atoms with E-state index in [1.165, 1.54) is 13.8 Å². The van der Waals surface area contributed by atoms with Crippen LogP contribution in [0, 0.1) is 10.1 Å². The van der Waals surface area contributed by atoms with Crippen LogP contribution in [-0.4, -0.2) is 48.1 Å². The van der Waals surface area contributed by atoms with Crippen molar-refractivity contribution in [1.82, 2.24) is 0 Å². The highest BCUT2D eigenvalue weighted by molar-refractivity contribution is 6.32. The van der Waals surface area contributed by atoms with E-state index in [4.69, 9.17) is 30.5 Å². The maximum Gasteiger partial charge on any atom is 0.416 e. The van der Waals surface area contributed by atoms with Crippen LogP contribution >= 0.6 is 11.6 Å². The summed E-state index contributed by atoms with van der Waals surface area (Å²) in [6.07, 6.45) is -7.17. The third-order valence-electron chi connectivity index (χ3n) is 4.66. The van der Waals surface area contributed by atoms with Gasteiger partial charge in [0.15, 0.2) is 18.0 Å². The molecule has 0 saturated heterocycles. The normalized spacial score (nSPS) is 12.8. The minimum Gasteiger partial charge on any atom is -0.463 e. The van der Waals surface area contributed by atoms with Gasteiger partial charge in [-0.05, 0) is 51.1 Å². The minimum atomic E-state index is -4.63. The molecule has 14 heteroatoms. The lowest BCUT2D eigenvalue weighted by atomic mass is 10.1. The molecule has 0 radical (unpaired) electrons. The van der Waals surface area contributed by atoms with Gasteiger partial charge < -0.3 is 18.9 Å². The Morgan fingerprint density at radius 3 is 2.30 bits per heavy atom. The first-order valence-electron chi connectivity index (χ1n) is 10.6. The van der Waals surface area contributed by atoms with Gasteiger partial charge in [-0.1, -0.05) is 11.6 Å². The van der Waals surface area contributed by atoms with Gasteiger partial charge in [-0.2, -0.15) is 13.2 Å². The first-order valence-corrected chi connectivity index (χ1v) is 11.0. The Morgan fingerprint density at radius 1 is 1.05 bits per heavy atom. The molecule has 0 aromatic heterocycles. The molecule has 0 aliphatic rings. The third kappa shape index (κ3) is 8.15. The van der Waals surface area contributed by atoms with Crippen LogP contribution in [0.4, 0.5) is 18.9 Å².